The third-order valence-electron chi connectivity index (χ3n) is 6.63. The van der Waals surface area contributed by atoms with E-state index in [9.17, 15) is 13.2 Å². The predicted molar refractivity (Wildman–Crippen MR) is 147 cm³/mol. The van der Waals surface area contributed by atoms with E-state index < -0.39 is 9.84 Å². The predicted octanol–water partition coefficient (Wildman–Crippen LogP) is 3.16. The summed E-state index contributed by atoms with van der Waals surface area (Å²) in [5.74, 6) is 1.31. The molecule has 10 heteroatoms. The lowest BCUT2D eigenvalue weighted by molar-refractivity contribution is -0.142. The Balaban J connectivity index is 1.42. The van der Waals surface area contributed by atoms with Crippen LogP contribution >= 0.6 is 0 Å². The number of hydrogen-bond donors (Lipinski definition) is 2. The van der Waals surface area contributed by atoms with E-state index in [2.05, 4.69) is 27.1 Å². The Labute approximate surface area is 221 Å². The van der Waals surface area contributed by atoms with Gasteiger partial charge in [-0.2, -0.15) is 4.98 Å². The SMILES string of the molecule is CCCCCNc1nc(N)nc(C)c1Cc1ccc(CC(=O)OCCCCN2CCS(=O)(=O)CC2)cc1. The van der Waals surface area contributed by atoms with Crippen molar-refractivity contribution in [2.24, 2.45) is 0 Å². The number of aromatic nitrogens is 2. The summed E-state index contributed by atoms with van der Waals surface area (Å²) < 4.78 is 28.4. The number of nitrogens with one attached hydrogen (secondary N) is 1. The van der Waals surface area contributed by atoms with Crippen LogP contribution in [-0.4, -0.2) is 73.5 Å². The number of hydrogen-bond acceptors (Lipinski definition) is 9. The van der Waals surface area contributed by atoms with Gasteiger partial charge in [0, 0.05) is 37.3 Å². The highest BCUT2D eigenvalue weighted by molar-refractivity contribution is 7.91. The van der Waals surface area contributed by atoms with E-state index >= 15 is 0 Å². The van der Waals surface area contributed by atoms with Crippen LogP contribution in [-0.2, 0) is 32.2 Å². The van der Waals surface area contributed by atoms with Crippen LogP contribution in [0.1, 0.15) is 61.4 Å². The van der Waals surface area contributed by atoms with E-state index in [4.69, 9.17) is 10.5 Å². The number of nitrogens with two attached hydrogens (primary N) is 1. The summed E-state index contributed by atoms with van der Waals surface area (Å²) in [4.78, 5) is 23.2. The van der Waals surface area contributed by atoms with E-state index in [1.54, 1.807) is 0 Å². The maximum atomic E-state index is 12.3. The second kappa shape index (κ2) is 14.3. The van der Waals surface area contributed by atoms with E-state index in [1.807, 2.05) is 31.2 Å². The van der Waals surface area contributed by atoms with Crippen molar-refractivity contribution < 1.29 is 17.9 Å². The number of rotatable bonds is 14. The second-order valence-corrected chi connectivity index (χ2v) is 12.0. The summed E-state index contributed by atoms with van der Waals surface area (Å²) in [5.41, 5.74) is 9.80. The molecule has 37 heavy (non-hydrogen) atoms. The highest BCUT2D eigenvalue weighted by Crippen LogP contribution is 2.22. The number of unbranched alkanes of at least 4 members (excludes halogenated alkanes) is 3. The minimum atomic E-state index is -2.85. The molecule has 2 heterocycles. The van der Waals surface area contributed by atoms with Gasteiger partial charge in [-0.05, 0) is 43.9 Å². The number of nitrogen functional groups attached to an aromatic ring is 1. The van der Waals surface area contributed by atoms with Gasteiger partial charge in [0.25, 0.3) is 0 Å². The molecule has 1 aliphatic rings. The fraction of sp³-hybridized carbons (Fsp3) is 0.593. The molecule has 0 unspecified atom stereocenters. The van der Waals surface area contributed by atoms with Gasteiger partial charge in [-0.1, -0.05) is 44.0 Å². The zero-order valence-corrected chi connectivity index (χ0v) is 23.0. The molecule has 1 aliphatic heterocycles. The first-order chi connectivity index (χ1) is 17.8. The third kappa shape index (κ3) is 9.92. The fourth-order valence-electron chi connectivity index (χ4n) is 4.35. The maximum absolute atomic E-state index is 12.3. The highest BCUT2D eigenvalue weighted by Gasteiger charge is 2.20. The molecule has 204 valence electrons. The van der Waals surface area contributed by atoms with Crippen LogP contribution in [0.25, 0.3) is 0 Å². The Bertz CT molecular complexity index is 1110. The number of benzene rings is 1. The molecule has 2 aromatic rings. The Hall–Kier alpha value is -2.72. The summed E-state index contributed by atoms with van der Waals surface area (Å²) in [6.45, 7) is 7.39. The number of esters is 1. The molecule has 9 nitrogen and oxygen atoms in total. The molecule has 0 aliphatic carbocycles. The van der Waals surface area contributed by atoms with Crippen LogP contribution in [0.5, 0.6) is 0 Å². The maximum Gasteiger partial charge on any atom is 0.310 e. The summed E-state index contributed by atoms with van der Waals surface area (Å²) >= 11 is 0. The molecular weight excluding hydrogens is 490 g/mol. The first kappa shape index (κ1) is 28.8. The number of carbonyl (C=O) groups is 1. The quantitative estimate of drug-likeness (QED) is 0.279. The van der Waals surface area contributed by atoms with Gasteiger partial charge in [0.1, 0.15) is 5.82 Å². The van der Waals surface area contributed by atoms with Crippen LogP contribution in [0.3, 0.4) is 0 Å². The molecule has 0 amide bonds. The smallest absolute Gasteiger partial charge is 0.310 e. The lowest BCUT2D eigenvalue weighted by Gasteiger charge is -2.26. The number of aryl methyl sites for hydroxylation is 1. The summed E-state index contributed by atoms with van der Waals surface area (Å²) in [5, 5.41) is 3.42. The molecule has 1 aromatic carbocycles. The zero-order chi connectivity index (χ0) is 26.7. The summed E-state index contributed by atoms with van der Waals surface area (Å²) in [7, 11) is -2.85. The number of carbonyl (C=O) groups excluding carboxylic acids is 1. The fourth-order valence-corrected chi connectivity index (χ4v) is 5.63. The number of anilines is 2. The topological polar surface area (TPSA) is 128 Å². The summed E-state index contributed by atoms with van der Waals surface area (Å²) in [6, 6.07) is 7.97. The normalized spacial score (nSPS) is 15.4. The van der Waals surface area contributed by atoms with Crippen LogP contribution in [0.4, 0.5) is 11.8 Å². The number of sulfone groups is 1. The second-order valence-electron chi connectivity index (χ2n) is 9.72. The minimum Gasteiger partial charge on any atom is -0.465 e. The Morgan fingerprint density at radius 3 is 2.46 bits per heavy atom. The molecule has 1 saturated heterocycles. The van der Waals surface area contributed by atoms with E-state index in [-0.39, 0.29) is 29.8 Å². The molecule has 0 atom stereocenters. The largest absolute Gasteiger partial charge is 0.465 e. The Kier molecular flexibility index (Phi) is 11.1. The van der Waals surface area contributed by atoms with Gasteiger partial charge in [0.15, 0.2) is 9.84 Å². The Morgan fingerprint density at radius 2 is 1.76 bits per heavy atom. The van der Waals surface area contributed by atoms with Gasteiger partial charge >= 0.3 is 5.97 Å². The van der Waals surface area contributed by atoms with Gasteiger partial charge in [0.05, 0.1) is 24.5 Å². The molecule has 3 rings (SSSR count). The van der Waals surface area contributed by atoms with Crippen molar-refractivity contribution in [2.45, 2.75) is 58.8 Å². The Morgan fingerprint density at radius 1 is 1.05 bits per heavy atom. The highest BCUT2D eigenvalue weighted by atomic mass is 32.2. The summed E-state index contributed by atoms with van der Waals surface area (Å²) in [6.07, 6.45) is 5.97. The minimum absolute atomic E-state index is 0.235. The monoisotopic (exact) mass is 531 g/mol. The van der Waals surface area contributed by atoms with Gasteiger partial charge in [-0.15, -0.1) is 0 Å². The van der Waals surface area contributed by atoms with Crippen molar-refractivity contribution in [3.8, 4) is 0 Å². The van der Waals surface area contributed by atoms with E-state index in [0.29, 0.717) is 26.1 Å². The molecule has 1 fully saturated rings. The molecule has 0 saturated carbocycles. The van der Waals surface area contributed by atoms with Gasteiger partial charge < -0.3 is 20.7 Å². The first-order valence-electron chi connectivity index (χ1n) is 13.3. The van der Waals surface area contributed by atoms with Gasteiger partial charge in [0.2, 0.25) is 5.95 Å². The molecule has 0 radical (unpaired) electrons. The molecule has 0 spiro atoms. The molecule has 0 bridgehead atoms. The van der Waals surface area contributed by atoms with Crippen molar-refractivity contribution in [2.75, 3.05) is 55.3 Å². The average molecular weight is 532 g/mol. The van der Waals surface area contributed by atoms with Crippen LogP contribution < -0.4 is 11.1 Å². The van der Waals surface area contributed by atoms with Crippen LogP contribution in [0, 0.1) is 6.92 Å². The zero-order valence-electron chi connectivity index (χ0n) is 22.2. The van der Waals surface area contributed by atoms with Crippen molar-refractivity contribution >= 4 is 27.6 Å². The molecule has 1 aromatic heterocycles. The third-order valence-corrected chi connectivity index (χ3v) is 8.23. The van der Waals surface area contributed by atoms with Crippen LogP contribution in [0.2, 0.25) is 0 Å². The number of nitrogens with zero attached hydrogens (tertiary/aromatic N) is 3. The van der Waals surface area contributed by atoms with Crippen molar-refractivity contribution in [3.05, 3.63) is 46.6 Å². The molecular formula is C27H41N5O4S. The van der Waals surface area contributed by atoms with E-state index in [1.165, 1.54) is 6.42 Å². The first-order valence-corrected chi connectivity index (χ1v) is 15.1. The average Bonchev–Trinajstić information content (AvgIpc) is 2.85. The standard InChI is InChI=1S/C27H41N5O4S/c1-3-4-5-12-29-26-24(21(2)30-27(28)31-26)19-22-8-10-23(11-9-22)20-25(33)36-16-7-6-13-32-14-17-37(34,35)18-15-32/h8-11H,3-7,12-20H2,1-2H3,(H3,28,29,30,31). The van der Waals surface area contributed by atoms with Crippen molar-refractivity contribution in [1.82, 2.24) is 14.9 Å². The lowest BCUT2D eigenvalue weighted by atomic mass is 10.0. The molecule has 3 N–H and O–H groups in total. The van der Waals surface area contributed by atoms with Crippen LogP contribution in [0.15, 0.2) is 24.3 Å². The number of ether oxygens (including phenoxy) is 1. The lowest BCUT2D eigenvalue weighted by Crippen LogP contribution is -2.40. The van der Waals surface area contributed by atoms with Crippen molar-refractivity contribution in [1.29, 1.82) is 0 Å². The van der Waals surface area contributed by atoms with Gasteiger partial charge in [-0.3, -0.25) is 4.79 Å². The van der Waals surface area contributed by atoms with Crippen molar-refractivity contribution in [3.63, 3.8) is 0 Å². The van der Waals surface area contributed by atoms with E-state index in [0.717, 1.165) is 67.0 Å². The van der Waals surface area contributed by atoms with Gasteiger partial charge in [-0.25, -0.2) is 13.4 Å².